The van der Waals surface area contributed by atoms with Crippen molar-refractivity contribution in [1.29, 1.82) is 0 Å². The summed E-state index contributed by atoms with van der Waals surface area (Å²) in [6.45, 7) is 0.752. The van der Waals surface area contributed by atoms with Gasteiger partial charge in [0.2, 0.25) is 10.0 Å². The fraction of sp³-hybridized carbons (Fsp3) is 0.214. The number of benzene rings is 3. The Kier molecular flexibility index (Phi) is 8.29. The van der Waals surface area contributed by atoms with Crippen LogP contribution in [-0.2, 0) is 19.6 Å². The van der Waals surface area contributed by atoms with Crippen LogP contribution >= 0.6 is 11.6 Å². The van der Waals surface area contributed by atoms with Crippen LogP contribution in [0.25, 0.3) is 11.3 Å². The van der Waals surface area contributed by atoms with Crippen LogP contribution in [0.3, 0.4) is 0 Å². The fourth-order valence-electron chi connectivity index (χ4n) is 4.24. The van der Waals surface area contributed by atoms with E-state index in [1.807, 2.05) is 49.3 Å². The van der Waals surface area contributed by atoms with E-state index in [-0.39, 0.29) is 17.5 Å². The van der Waals surface area contributed by atoms with Crippen LogP contribution in [0.15, 0.2) is 66.7 Å². The monoisotopic (exact) mass is 568 g/mol. The lowest BCUT2D eigenvalue weighted by Gasteiger charge is -2.25. The summed E-state index contributed by atoms with van der Waals surface area (Å²) in [5.74, 6) is -0.845. The Hall–Kier alpha value is -3.86. The molecule has 0 spiro atoms. The molecule has 204 valence electrons. The summed E-state index contributed by atoms with van der Waals surface area (Å²) in [4.78, 5) is 27.1. The van der Waals surface area contributed by atoms with Crippen molar-refractivity contribution in [1.82, 2.24) is 4.90 Å². The quantitative estimate of drug-likeness (QED) is 0.291. The van der Waals surface area contributed by atoms with Crippen molar-refractivity contribution in [2.45, 2.75) is 0 Å². The summed E-state index contributed by atoms with van der Waals surface area (Å²) in [6.07, 6.45) is 1.14. The van der Waals surface area contributed by atoms with Crippen LogP contribution in [-0.4, -0.2) is 65.7 Å². The number of sulfonamides is 1. The van der Waals surface area contributed by atoms with Gasteiger partial charge < -0.3 is 20.3 Å². The lowest BCUT2D eigenvalue weighted by Crippen LogP contribution is -2.36. The molecule has 2 N–H and O–H groups in total. The van der Waals surface area contributed by atoms with E-state index >= 15 is 0 Å². The van der Waals surface area contributed by atoms with Gasteiger partial charge in [-0.3, -0.25) is 9.10 Å². The number of carbonyl (C=O) groups excluding carboxylic acids is 2. The Bertz CT molecular complexity index is 1560. The number of carbonyl (C=O) groups is 2. The van der Waals surface area contributed by atoms with Crippen LogP contribution < -0.4 is 14.9 Å². The Morgan fingerprint density at radius 1 is 1.00 bits per heavy atom. The van der Waals surface area contributed by atoms with E-state index in [0.717, 1.165) is 11.8 Å². The highest BCUT2D eigenvalue weighted by atomic mass is 35.5. The number of nitrogens with one attached hydrogen (secondary N) is 2. The number of anilines is 3. The number of hydrogen-bond acceptors (Lipinski definition) is 7. The molecule has 0 bridgehead atoms. The summed E-state index contributed by atoms with van der Waals surface area (Å²) in [5.41, 5.74) is 4.00. The maximum atomic E-state index is 13.2. The Labute approximate surface area is 233 Å². The largest absolute Gasteiger partial charge is 0.465 e. The van der Waals surface area contributed by atoms with Gasteiger partial charge in [0.05, 0.1) is 46.6 Å². The summed E-state index contributed by atoms with van der Waals surface area (Å²) in [7, 11) is 1.45. The second kappa shape index (κ2) is 11.5. The smallest absolute Gasteiger partial charge is 0.337 e. The number of fused-ring (bicyclic) bond motifs is 1. The molecule has 0 radical (unpaired) electrons. The molecule has 0 fully saturated rings. The molecule has 0 saturated carbocycles. The lowest BCUT2D eigenvalue weighted by molar-refractivity contribution is -0.110. The van der Waals surface area contributed by atoms with E-state index in [1.165, 1.54) is 11.4 Å². The number of rotatable bonds is 9. The zero-order valence-electron chi connectivity index (χ0n) is 22.0. The van der Waals surface area contributed by atoms with E-state index in [2.05, 4.69) is 10.6 Å². The Balaban J connectivity index is 1.77. The zero-order chi connectivity index (χ0) is 28.3. The minimum atomic E-state index is -3.57. The van der Waals surface area contributed by atoms with Gasteiger partial charge in [-0.2, -0.15) is 0 Å². The molecule has 1 aliphatic heterocycles. The predicted molar refractivity (Wildman–Crippen MR) is 155 cm³/mol. The molecule has 9 nitrogen and oxygen atoms in total. The molecule has 1 amide bonds. The molecule has 0 atom stereocenters. The first kappa shape index (κ1) is 28.2. The van der Waals surface area contributed by atoms with Crippen molar-refractivity contribution >= 4 is 61.8 Å². The fourth-order valence-corrected chi connectivity index (χ4v) is 5.50. The van der Waals surface area contributed by atoms with Gasteiger partial charge >= 0.3 is 5.97 Å². The standard InChI is InChI=1S/C28H29ClN4O5S/c1-32(2)14-15-33(39(4,36)37)24-13-11-20(17-22(24)29)30-26(18-8-6-5-7-9-18)25-21-12-10-19(28(35)38-3)16-23(21)31-27(25)34/h5-13,16-17,30H,14-15H2,1-4H3,(H,31,34)/b26-25-. The molecule has 1 heterocycles. The number of ether oxygens (including phenoxy) is 1. The van der Waals surface area contributed by atoms with E-state index in [0.29, 0.717) is 46.0 Å². The molecule has 3 aromatic rings. The number of nitrogens with zero attached hydrogens (tertiary/aromatic N) is 2. The van der Waals surface area contributed by atoms with Gasteiger partial charge in [-0.25, -0.2) is 13.2 Å². The van der Waals surface area contributed by atoms with E-state index in [4.69, 9.17) is 16.3 Å². The van der Waals surface area contributed by atoms with Gasteiger partial charge in [0.1, 0.15) is 0 Å². The maximum absolute atomic E-state index is 13.2. The minimum absolute atomic E-state index is 0.237. The van der Waals surface area contributed by atoms with Gasteiger partial charge in [-0.1, -0.05) is 48.0 Å². The molecule has 0 saturated heterocycles. The molecular formula is C28H29ClN4O5S. The van der Waals surface area contributed by atoms with E-state index in [9.17, 15) is 18.0 Å². The highest BCUT2D eigenvalue weighted by Crippen LogP contribution is 2.39. The van der Waals surface area contributed by atoms with Crippen LogP contribution in [0, 0.1) is 0 Å². The van der Waals surface area contributed by atoms with E-state index < -0.39 is 16.0 Å². The molecule has 4 rings (SSSR count). The molecule has 1 aliphatic rings. The molecular weight excluding hydrogens is 540 g/mol. The molecule has 3 aromatic carbocycles. The van der Waals surface area contributed by atoms with Crippen LogP contribution in [0.4, 0.5) is 17.1 Å². The second-order valence-corrected chi connectivity index (χ2v) is 11.6. The molecule has 0 aliphatic carbocycles. The molecule has 0 aromatic heterocycles. The SMILES string of the molecule is COC(=O)c1ccc2c(c1)NC(=O)/C2=C(\Nc1ccc(N(CCN(C)C)S(C)(=O)=O)c(Cl)c1)c1ccccc1. The summed E-state index contributed by atoms with van der Waals surface area (Å²) in [6, 6.07) is 19.2. The predicted octanol–water partition coefficient (Wildman–Crippen LogP) is 4.39. The molecule has 11 heteroatoms. The van der Waals surface area contributed by atoms with Crippen molar-refractivity contribution in [3.05, 3.63) is 88.4 Å². The van der Waals surface area contributed by atoms with Gasteiger partial charge in [-0.05, 0) is 50.0 Å². The maximum Gasteiger partial charge on any atom is 0.337 e. The number of methoxy groups -OCH3 is 1. The van der Waals surface area contributed by atoms with Crippen molar-refractivity contribution in [3.63, 3.8) is 0 Å². The first-order chi connectivity index (χ1) is 18.5. The highest BCUT2D eigenvalue weighted by molar-refractivity contribution is 7.92. The van der Waals surface area contributed by atoms with Crippen molar-refractivity contribution in [2.24, 2.45) is 0 Å². The normalized spacial score (nSPS) is 14.1. The Morgan fingerprint density at radius 2 is 1.72 bits per heavy atom. The first-order valence-electron chi connectivity index (χ1n) is 12.0. The summed E-state index contributed by atoms with van der Waals surface area (Å²) < 4.78 is 31.1. The zero-order valence-corrected chi connectivity index (χ0v) is 23.6. The third-order valence-electron chi connectivity index (χ3n) is 6.13. The third kappa shape index (κ3) is 6.25. The second-order valence-electron chi connectivity index (χ2n) is 9.25. The van der Waals surface area contributed by atoms with E-state index in [1.54, 1.807) is 36.4 Å². The number of halogens is 1. The first-order valence-corrected chi connectivity index (χ1v) is 14.2. The number of esters is 1. The number of hydrogen-bond donors (Lipinski definition) is 2. The number of likely N-dealkylation sites (N-methyl/N-ethyl adjacent to an activating group) is 1. The average molecular weight is 569 g/mol. The average Bonchev–Trinajstić information content (AvgIpc) is 3.22. The highest BCUT2D eigenvalue weighted by Gasteiger charge is 2.29. The lowest BCUT2D eigenvalue weighted by atomic mass is 9.99. The third-order valence-corrected chi connectivity index (χ3v) is 7.62. The van der Waals surface area contributed by atoms with Crippen LogP contribution in [0.5, 0.6) is 0 Å². The van der Waals surface area contributed by atoms with Crippen molar-refractivity contribution in [3.8, 4) is 0 Å². The molecule has 0 unspecified atom stereocenters. The van der Waals surface area contributed by atoms with Crippen molar-refractivity contribution in [2.75, 3.05) is 55.5 Å². The number of amides is 1. The topological polar surface area (TPSA) is 108 Å². The van der Waals surface area contributed by atoms with Crippen molar-refractivity contribution < 1.29 is 22.7 Å². The van der Waals surface area contributed by atoms with Crippen LogP contribution in [0.1, 0.15) is 21.5 Å². The summed E-state index contributed by atoms with van der Waals surface area (Å²) >= 11 is 6.61. The van der Waals surface area contributed by atoms with Gasteiger partial charge in [0.25, 0.3) is 5.91 Å². The minimum Gasteiger partial charge on any atom is -0.465 e. The van der Waals surface area contributed by atoms with Gasteiger partial charge in [-0.15, -0.1) is 0 Å². The summed E-state index contributed by atoms with van der Waals surface area (Å²) in [5, 5.41) is 6.39. The van der Waals surface area contributed by atoms with Crippen LogP contribution in [0.2, 0.25) is 5.02 Å². The Morgan fingerprint density at radius 3 is 2.33 bits per heavy atom. The molecule has 39 heavy (non-hydrogen) atoms. The van der Waals surface area contributed by atoms with Gasteiger partial charge in [0, 0.05) is 24.3 Å². The van der Waals surface area contributed by atoms with Gasteiger partial charge in [0.15, 0.2) is 0 Å².